The maximum atomic E-state index is 12.2. The van der Waals surface area contributed by atoms with Crippen molar-refractivity contribution >= 4 is 11.8 Å². The summed E-state index contributed by atoms with van der Waals surface area (Å²) < 4.78 is 1.85. The molecule has 1 aliphatic heterocycles. The van der Waals surface area contributed by atoms with Gasteiger partial charge < -0.3 is 15.1 Å². The summed E-state index contributed by atoms with van der Waals surface area (Å²) in [7, 11) is 0. The van der Waals surface area contributed by atoms with E-state index >= 15 is 0 Å². The van der Waals surface area contributed by atoms with Gasteiger partial charge in [-0.25, -0.2) is 9.78 Å². The van der Waals surface area contributed by atoms with Gasteiger partial charge in [0, 0.05) is 57.9 Å². The van der Waals surface area contributed by atoms with E-state index in [-0.39, 0.29) is 6.03 Å². The predicted molar refractivity (Wildman–Crippen MR) is 93.0 cm³/mol. The lowest BCUT2D eigenvalue weighted by atomic mass is 10.2. The third kappa shape index (κ3) is 4.26. The maximum absolute atomic E-state index is 12.2. The number of urea groups is 1. The Bertz CT molecular complexity index is 730. The van der Waals surface area contributed by atoms with Crippen molar-refractivity contribution in [2.75, 3.05) is 37.6 Å². The molecule has 0 atom stereocenters. The molecule has 3 rings (SSSR count). The van der Waals surface area contributed by atoms with Crippen molar-refractivity contribution in [1.82, 2.24) is 25.0 Å². The van der Waals surface area contributed by atoms with Crippen LogP contribution in [0.5, 0.6) is 0 Å². The molecule has 2 aromatic rings. The number of anilines is 1. The number of rotatable bonds is 5. The summed E-state index contributed by atoms with van der Waals surface area (Å²) in [4.78, 5) is 20.4. The minimum atomic E-state index is -0.0401. The predicted octanol–water partition coefficient (Wildman–Crippen LogP) is 1.07. The first kappa shape index (κ1) is 16.8. The largest absolute Gasteiger partial charge is 0.352 e. The molecule has 0 aromatic carbocycles. The fraction of sp³-hybridized carbons (Fsp3) is 0.412. The summed E-state index contributed by atoms with van der Waals surface area (Å²) in [5, 5.41) is 16.3. The van der Waals surface area contributed by atoms with E-state index < -0.39 is 0 Å². The summed E-state index contributed by atoms with van der Waals surface area (Å²) >= 11 is 0. The normalized spacial score (nSPS) is 14.2. The topological polar surface area (TPSA) is 90.1 Å². The minimum absolute atomic E-state index is 0.0401. The first-order valence-corrected chi connectivity index (χ1v) is 8.38. The number of hydrogen-bond donors (Lipinski definition) is 1. The standard InChI is InChI=1S/C17H21N7O/c18-14-15-4-1-5-19-16(15)22-10-12-23(13-11-22)17(25)20-6-2-8-24-9-3-7-21-24/h1,3-5,7,9H,2,6,8,10-13H2,(H,20,25). The number of nitrogens with zero attached hydrogens (tertiary/aromatic N) is 6. The van der Waals surface area contributed by atoms with Gasteiger partial charge in [-0.2, -0.15) is 10.4 Å². The van der Waals surface area contributed by atoms with Crippen LogP contribution in [0.2, 0.25) is 0 Å². The number of pyridine rings is 1. The third-order valence-corrected chi connectivity index (χ3v) is 4.17. The number of carbonyl (C=O) groups is 1. The van der Waals surface area contributed by atoms with Gasteiger partial charge in [0.2, 0.25) is 0 Å². The molecule has 0 aliphatic carbocycles. The molecule has 1 saturated heterocycles. The van der Waals surface area contributed by atoms with Crippen LogP contribution in [0.1, 0.15) is 12.0 Å². The quantitative estimate of drug-likeness (QED) is 0.823. The summed E-state index contributed by atoms with van der Waals surface area (Å²) in [5.74, 6) is 0.698. The Hall–Kier alpha value is -3.08. The molecule has 1 fully saturated rings. The van der Waals surface area contributed by atoms with Crippen LogP contribution < -0.4 is 10.2 Å². The van der Waals surface area contributed by atoms with Gasteiger partial charge in [-0.1, -0.05) is 0 Å². The Balaban J connectivity index is 1.42. The highest BCUT2D eigenvalue weighted by Gasteiger charge is 2.22. The van der Waals surface area contributed by atoms with Crippen molar-refractivity contribution in [3.05, 3.63) is 42.4 Å². The van der Waals surface area contributed by atoms with Crippen LogP contribution in [0, 0.1) is 11.3 Å². The fourth-order valence-electron chi connectivity index (χ4n) is 2.84. The molecular formula is C17H21N7O. The van der Waals surface area contributed by atoms with E-state index in [1.54, 1.807) is 29.4 Å². The number of nitrogens with one attached hydrogen (secondary N) is 1. The number of aromatic nitrogens is 3. The zero-order valence-corrected chi connectivity index (χ0v) is 14.0. The fourth-order valence-corrected chi connectivity index (χ4v) is 2.84. The van der Waals surface area contributed by atoms with Gasteiger partial charge in [0.05, 0.1) is 5.56 Å². The SMILES string of the molecule is N#Cc1cccnc1N1CCN(C(=O)NCCCn2cccn2)CC1. The zero-order valence-electron chi connectivity index (χ0n) is 14.0. The van der Waals surface area contributed by atoms with E-state index in [9.17, 15) is 10.1 Å². The Morgan fingerprint density at radius 3 is 2.80 bits per heavy atom. The van der Waals surface area contributed by atoms with Crippen molar-refractivity contribution in [2.24, 2.45) is 0 Å². The molecule has 0 bridgehead atoms. The molecule has 0 unspecified atom stereocenters. The molecule has 25 heavy (non-hydrogen) atoms. The Kier molecular flexibility index (Phi) is 5.46. The summed E-state index contributed by atoms with van der Waals surface area (Å²) in [6, 6.07) is 7.54. The summed E-state index contributed by atoms with van der Waals surface area (Å²) in [6.45, 7) is 3.99. The highest BCUT2D eigenvalue weighted by Crippen LogP contribution is 2.17. The van der Waals surface area contributed by atoms with E-state index in [4.69, 9.17) is 0 Å². The second kappa shape index (κ2) is 8.15. The number of carbonyl (C=O) groups excluding carboxylic acids is 1. The van der Waals surface area contributed by atoms with Crippen LogP contribution in [0.25, 0.3) is 0 Å². The van der Waals surface area contributed by atoms with Crippen LogP contribution in [0.3, 0.4) is 0 Å². The van der Waals surface area contributed by atoms with E-state index in [1.165, 1.54) is 0 Å². The lowest BCUT2D eigenvalue weighted by molar-refractivity contribution is 0.194. The number of hydrogen-bond acceptors (Lipinski definition) is 5. The van der Waals surface area contributed by atoms with Gasteiger partial charge in [-0.3, -0.25) is 4.68 Å². The Labute approximate surface area is 146 Å². The second-order valence-corrected chi connectivity index (χ2v) is 5.82. The van der Waals surface area contributed by atoms with Gasteiger partial charge in [0.25, 0.3) is 0 Å². The molecule has 1 aliphatic rings. The lowest BCUT2D eigenvalue weighted by Gasteiger charge is -2.35. The van der Waals surface area contributed by atoms with Crippen molar-refractivity contribution in [1.29, 1.82) is 5.26 Å². The van der Waals surface area contributed by atoms with Crippen LogP contribution in [0.15, 0.2) is 36.8 Å². The molecule has 8 nitrogen and oxygen atoms in total. The highest BCUT2D eigenvalue weighted by molar-refractivity contribution is 5.74. The highest BCUT2D eigenvalue weighted by atomic mass is 16.2. The molecule has 0 radical (unpaired) electrons. The molecular weight excluding hydrogens is 318 g/mol. The second-order valence-electron chi connectivity index (χ2n) is 5.82. The van der Waals surface area contributed by atoms with E-state index in [2.05, 4.69) is 26.4 Å². The molecule has 130 valence electrons. The molecule has 3 heterocycles. The van der Waals surface area contributed by atoms with Gasteiger partial charge in [0.1, 0.15) is 11.9 Å². The molecule has 1 N–H and O–H groups in total. The van der Waals surface area contributed by atoms with Gasteiger partial charge in [0.15, 0.2) is 0 Å². The summed E-state index contributed by atoms with van der Waals surface area (Å²) in [5.41, 5.74) is 0.569. The molecule has 2 amide bonds. The van der Waals surface area contributed by atoms with Crippen LogP contribution in [-0.4, -0.2) is 58.4 Å². The monoisotopic (exact) mass is 339 g/mol. The van der Waals surface area contributed by atoms with Gasteiger partial charge in [-0.15, -0.1) is 0 Å². The molecule has 8 heteroatoms. The van der Waals surface area contributed by atoms with Crippen molar-refractivity contribution in [2.45, 2.75) is 13.0 Å². The van der Waals surface area contributed by atoms with Crippen molar-refractivity contribution in [3.8, 4) is 6.07 Å². The smallest absolute Gasteiger partial charge is 0.317 e. The Morgan fingerprint density at radius 2 is 2.08 bits per heavy atom. The van der Waals surface area contributed by atoms with Crippen LogP contribution in [0.4, 0.5) is 10.6 Å². The lowest BCUT2D eigenvalue weighted by Crippen LogP contribution is -2.52. The zero-order chi connectivity index (χ0) is 17.5. The number of nitriles is 1. The van der Waals surface area contributed by atoms with Crippen LogP contribution in [-0.2, 0) is 6.54 Å². The van der Waals surface area contributed by atoms with E-state index in [0.717, 1.165) is 13.0 Å². The first-order chi connectivity index (χ1) is 12.3. The molecule has 0 spiro atoms. The van der Waals surface area contributed by atoms with E-state index in [0.29, 0.717) is 44.1 Å². The average molecular weight is 339 g/mol. The molecule has 2 aromatic heterocycles. The van der Waals surface area contributed by atoms with Crippen molar-refractivity contribution in [3.63, 3.8) is 0 Å². The minimum Gasteiger partial charge on any atom is -0.352 e. The number of aryl methyl sites for hydroxylation is 1. The summed E-state index contributed by atoms with van der Waals surface area (Å²) in [6.07, 6.45) is 6.19. The molecule has 0 saturated carbocycles. The third-order valence-electron chi connectivity index (χ3n) is 4.17. The average Bonchev–Trinajstić information content (AvgIpc) is 3.18. The van der Waals surface area contributed by atoms with Gasteiger partial charge in [-0.05, 0) is 24.6 Å². The number of piperazine rings is 1. The van der Waals surface area contributed by atoms with Crippen LogP contribution >= 0.6 is 0 Å². The number of amides is 2. The van der Waals surface area contributed by atoms with Gasteiger partial charge >= 0.3 is 6.03 Å². The Morgan fingerprint density at radius 1 is 1.24 bits per heavy atom. The first-order valence-electron chi connectivity index (χ1n) is 8.38. The van der Waals surface area contributed by atoms with E-state index in [1.807, 2.05) is 16.9 Å². The van der Waals surface area contributed by atoms with Crippen molar-refractivity contribution < 1.29 is 4.79 Å². The maximum Gasteiger partial charge on any atom is 0.317 e.